The van der Waals surface area contributed by atoms with E-state index in [1.807, 2.05) is 60.8 Å². The number of nitrogens with zero attached hydrogens (tertiary/aromatic N) is 1. The lowest BCUT2D eigenvalue weighted by atomic mass is 9.98. The maximum Gasteiger partial charge on any atom is 0.300 e. The van der Waals surface area contributed by atoms with Gasteiger partial charge in [-0.3, -0.25) is 14.5 Å². The second-order valence-corrected chi connectivity index (χ2v) is 8.17. The number of anilines is 1. The van der Waals surface area contributed by atoms with E-state index in [1.54, 1.807) is 18.3 Å². The zero-order chi connectivity index (χ0) is 20.8. The maximum absolute atomic E-state index is 13.2. The summed E-state index contributed by atoms with van der Waals surface area (Å²) in [6.07, 6.45) is 1.67. The fourth-order valence-corrected chi connectivity index (χ4v) is 5.04. The third kappa shape index (κ3) is 2.69. The molecule has 5 nitrogen and oxygen atoms in total. The number of benzene rings is 2. The average molecular weight is 414 g/mol. The molecule has 30 heavy (non-hydrogen) atoms. The topological polar surface area (TPSA) is 73.4 Å². The van der Waals surface area contributed by atoms with Gasteiger partial charge >= 0.3 is 0 Å². The van der Waals surface area contributed by atoms with Crippen LogP contribution in [-0.4, -0.2) is 21.8 Å². The van der Waals surface area contributed by atoms with Gasteiger partial charge < -0.3 is 10.1 Å². The lowest BCUT2D eigenvalue weighted by molar-refractivity contribution is -0.132. The minimum absolute atomic E-state index is 0.110. The van der Waals surface area contributed by atoms with Gasteiger partial charge in [0.1, 0.15) is 11.8 Å². The lowest BCUT2D eigenvalue weighted by Crippen LogP contribution is -2.29. The first-order chi connectivity index (χ1) is 14.6. The number of aliphatic hydroxyl groups is 1. The standard InChI is InChI=1S/C24H18N2O3S/c1-14-11-12-30-23(14)20-19(21(27)17-13-25-18-10-6-5-9-16(17)18)22(28)24(29)26(20)15-7-3-2-4-8-15/h2-13,20,25,27H,1H3/b21-19+. The molecular formula is C24H18N2O3S. The lowest BCUT2D eigenvalue weighted by Gasteiger charge is -2.24. The molecule has 3 heterocycles. The Morgan fingerprint density at radius 2 is 1.77 bits per heavy atom. The quantitative estimate of drug-likeness (QED) is 0.276. The third-order valence-electron chi connectivity index (χ3n) is 5.47. The highest BCUT2D eigenvalue weighted by molar-refractivity contribution is 7.10. The number of aromatic nitrogens is 1. The van der Waals surface area contributed by atoms with Gasteiger partial charge in [-0.2, -0.15) is 0 Å². The molecule has 2 aromatic carbocycles. The van der Waals surface area contributed by atoms with Gasteiger partial charge in [0.25, 0.3) is 11.7 Å². The minimum Gasteiger partial charge on any atom is -0.507 e. The number of hydrogen-bond acceptors (Lipinski definition) is 4. The molecule has 0 spiro atoms. The number of amides is 1. The monoisotopic (exact) mass is 414 g/mol. The van der Waals surface area contributed by atoms with Crippen molar-refractivity contribution in [1.29, 1.82) is 0 Å². The van der Waals surface area contributed by atoms with Crippen LogP contribution in [-0.2, 0) is 9.59 Å². The number of rotatable bonds is 3. The summed E-state index contributed by atoms with van der Waals surface area (Å²) in [7, 11) is 0. The summed E-state index contributed by atoms with van der Waals surface area (Å²) in [6.45, 7) is 1.95. The third-order valence-corrected chi connectivity index (χ3v) is 6.54. The van der Waals surface area contributed by atoms with Crippen LogP contribution in [0.2, 0.25) is 0 Å². The van der Waals surface area contributed by atoms with Crippen molar-refractivity contribution in [3.05, 3.63) is 93.8 Å². The summed E-state index contributed by atoms with van der Waals surface area (Å²) in [6, 6.07) is 17.9. The molecule has 1 amide bonds. The second kappa shape index (κ2) is 7.00. The van der Waals surface area contributed by atoms with Crippen LogP contribution in [0.4, 0.5) is 5.69 Å². The predicted octanol–water partition coefficient (Wildman–Crippen LogP) is 5.16. The molecule has 1 saturated heterocycles. The summed E-state index contributed by atoms with van der Waals surface area (Å²) in [5.74, 6) is -1.48. The van der Waals surface area contributed by atoms with Gasteiger partial charge in [0.15, 0.2) is 0 Å². The Labute approximate surface area is 176 Å². The zero-order valence-electron chi connectivity index (χ0n) is 16.1. The van der Waals surface area contributed by atoms with Crippen molar-refractivity contribution in [2.75, 3.05) is 4.90 Å². The van der Waals surface area contributed by atoms with Gasteiger partial charge in [0.2, 0.25) is 0 Å². The Morgan fingerprint density at radius 1 is 1.03 bits per heavy atom. The molecule has 1 aliphatic heterocycles. The van der Waals surface area contributed by atoms with Crippen LogP contribution in [0.15, 0.2) is 77.8 Å². The number of hydrogen-bond donors (Lipinski definition) is 2. The summed E-state index contributed by atoms with van der Waals surface area (Å²) in [4.78, 5) is 31.7. The largest absolute Gasteiger partial charge is 0.507 e. The number of para-hydroxylation sites is 2. The number of aliphatic hydroxyl groups excluding tert-OH is 1. The van der Waals surface area contributed by atoms with E-state index < -0.39 is 17.7 Å². The van der Waals surface area contributed by atoms with E-state index in [9.17, 15) is 14.7 Å². The smallest absolute Gasteiger partial charge is 0.300 e. The van der Waals surface area contributed by atoms with Crippen LogP contribution in [0.25, 0.3) is 16.7 Å². The molecule has 1 atom stereocenters. The number of Topliss-reactive ketones (excluding diaryl/α,β-unsaturated/α-hetero) is 1. The summed E-state index contributed by atoms with van der Waals surface area (Å²) >= 11 is 1.47. The van der Waals surface area contributed by atoms with E-state index in [0.29, 0.717) is 11.3 Å². The first kappa shape index (κ1) is 18.4. The SMILES string of the molecule is Cc1ccsc1C1/C(=C(\O)c2c[nH]c3ccccc23)C(=O)C(=O)N1c1ccccc1. The minimum atomic E-state index is -0.681. The van der Waals surface area contributed by atoms with E-state index >= 15 is 0 Å². The molecule has 2 aromatic heterocycles. The number of carbonyl (C=O) groups is 2. The number of thiophene rings is 1. The number of nitrogens with one attached hydrogen (secondary N) is 1. The van der Waals surface area contributed by atoms with Gasteiger partial charge in [0.05, 0.1) is 5.57 Å². The van der Waals surface area contributed by atoms with Crippen molar-refractivity contribution in [2.45, 2.75) is 13.0 Å². The van der Waals surface area contributed by atoms with Crippen LogP contribution in [0.1, 0.15) is 22.0 Å². The highest BCUT2D eigenvalue weighted by Crippen LogP contribution is 2.45. The maximum atomic E-state index is 13.2. The highest BCUT2D eigenvalue weighted by atomic mass is 32.1. The van der Waals surface area contributed by atoms with E-state index in [4.69, 9.17) is 0 Å². The molecule has 0 bridgehead atoms. The first-order valence-electron chi connectivity index (χ1n) is 9.54. The molecule has 0 aliphatic carbocycles. The second-order valence-electron chi connectivity index (χ2n) is 7.22. The Bertz CT molecular complexity index is 1320. The number of H-pyrrole nitrogens is 1. The normalized spacial score (nSPS) is 18.4. The van der Waals surface area contributed by atoms with Crippen molar-refractivity contribution >= 4 is 45.4 Å². The van der Waals surface area contributed by atoms with Gasteiger partial charge in [-0.15, -0.1) is 11.3 Å². The summed E-state index contributed by atoms with van der Waals surface area (Å²) in [5, 5.41) is 14.0. The Hall–Kier alpha value is -3.64. The molecule has 1 unspecified atom stereocenters. The van der Waals surface area contributed by atoms with Crippen LogP contribution in [0.5, 0.6) is 0 Å². The Morgan fingerprint density at radius 3 is 2.50 bits per heavy atom. The fourth-order valence-electron chi connectivity index (χ4n) is 4.01. The number of carbonyl (C=O) groups excluding carboxylic acids is 2. The van der Waals surface area contributed by atoms with Crippen molar-refractivity contribution < 1.29 is 14.7 Å². The fraction of sp³-hybridized carbons (Fsp3) is 0.0833. The van der Waals surface area contributed by atoms with Gasteiger partial charge in [-0.25, -0.2) is 0 Å². The molecule has 5 rings (SSSR count). The molecule has 2 N–H and O–H groups in total. The summed E-state index contributed by atoms with van der Waals surface area (Å²) in [5.41, 5.74) is 3.06. The predicted molar refractivity (Wildman–Crippen MR) is 119 cm³/mol. The molecule has 0 radical (unpaired) electrons. The number of aromatic amines is 1. The molecular weight excluding hydrogens is 396 g/mol. The number of ketones is 1. The van der Waals surface area contributed by atoms with E-state index in [1.165, 1.54) is 16.2 Å². The van der Waals surface area contributed by atoms with Gasteiger partial charge in [0, 0.05) is 33.2 Å². The molecule has 6 heteroatoms. The van der Waals surface area contributed by atoms with Crippen LogP contribution in [0, 0.1) is 6.92 Å². The van der Waals surface area contributed by atoms with Gasteiger partial charge in [-0.05, 0) is 42.1 Å². The zero-order valence-corrected chi connectivity index (χ0v) is 16.9. The molecule has 4 aromatic rings. The van der Waals surface area contributed by atoms with Gasteiger partial charge in [-0.1, -0.05) is 36.4 Å². The van der Waals surface area contributed by atoms with Crippen molar-refractivity contribution in [3.8, 4) is 0 Å². The molecule has 0 saturated carbocycles. The number of aryl methyl sites for hydroxylation is 1. The summed E-state index contributed by atoms with van der Waals surface area (Å²) < 4.78 is 0. The van der Waals surface area contributed by atoms with Crippen LogP contribution < -0.4 is 4.90 Å². The van der Waals surface area contributed by atoms with Crippen LogP contribution in [0.3, 0.4) is 0 Å². The van der Waals surface area contributed by atoms with Crippen molar-refractivity contribution in [1.82, 2.24) is 4.98 Å². The average Bonchev–Trinajstić information content (AvgIpc) is 3.45. The highest BCUT2D eigenvalue weighted by Gasteiger charge is 2.48. The molecule has 148 valence electrons. The van der Waals surface area contributed by atoms with Crippen molar-refractivity contribution in [2.24, 2.45) is 0 Å². The number of fused-ring (bicyclic) bond motifs is 1. The van der Waals surface area contributed by atoms with E-state index in [-0.39, 0.29) is 11.3 Å². The van der Waals surface area contributed by atoms with Crippen molar-refractivity contribution in [3.63, 3.8) is 0 Å². The Balaban J connectivity index is 1.77. The van der Waals surface area contributed by atoms with E-state index in [2.05, 4.69) is 4.98 Å². The molecule has 1 fully saturated rings. The molecule has 1 aliphatic rings. The Kier molecular flexibility index (Phi) is 4.29. The van der Waals surface area contributed by atoms with E-state index in [0.717, 1.165) is 21.3 Å². The van der Waals surface area contributed by atoms with Crippen LogP contribution >= 0.6 is 11.3 Å². The first-order valence-corrected chi connectivity index (χ1v) is 10.4.